The second-order valence-electron chi connectivity index (χ2n) is 4.22. The lowest BCUT2D eigenvalue weighted by atomic mass is 10.0. The van der Waals surface area contributed by atoms with Crippen LogP contribution in [0.5, 0.6) is 0 Å². The van der Waals surface area contributed by atoms with Gasteiger partial charge in [-0.25, -0.2) is 4.98 Å². The Morgan fingerprint density at radius 1 is 1.62 bits per heavy atom. The maximum Gasteiger partial charge on any atom is 0.150 e. The number of anilines is 2. The van der Waals surface area contributed by atoms with E-state index in [4.69, 9.17) is 16.1 Å². The van der Waals surface area contributed by atoms with Crippen molar-refractivity contribution in [2.24, 2.45) is 0 Å². The van der Waals surface area contributed by atoms with E-state index in [1.54, 1.807) is 6.07 Å². The monoisotopic (exact) mass is 220 g/mol. The first-order valence-corrected chi connectivity index (χ1v) is 5.04. The highest BCUT2D eigenvalue weighted by molar-refractivity contribution is 5.69. The summed E-state index contributed by atoms with van der Waals surface area (Å²) in [6.07, 6.45) is 2.11. The van der Waals surface area contributed by atoms with Gasteiger partial charge < -0.3 is 16.2 Å². The van der Waals surface area contributed by atoms with E-state index >= 15 is 0 Å². The van der Waals surface area contributed by atoms with Gasteiger partial charge in [-0.15, -0.1) is 0 Å². The van der Waals surface area contributed by atoms with Crippen LogP contribution in [0.3, 0.4) is 0 Å². The van der Waals surface area contributed by atoms with Crippen LogP contribution in [0.15, 0.2) is 12.3 Å². The summed E-state index contributed by atoms with van der Waals surface area (Å²) in [5.41, 5.74) is 6.22. The van der Waals surface area contributed by atoms with Crippen molar-refractivity contribution >= 4 is 11.5 Å². The number of pyridine rings is 1. The molecule has 0 atom stereocenters. The van der Waals surface area contributed by atoms with Crippen LogP contribution in [-0.4, -0.2) is 22.2 Å². The highest BCUT2D eigenvalue weighted by atomic mass is 16.3. The second-order valence-corrected chi connectivity index (χ2v) is 4.22. The summed E-state index contributed by atoms with van der Waals surface area (Å²) in [5.74, 6) is 0.484. The number of nitrogens with two attached hydrogens (primary N) is 1. The molecule has 16 heavy (non-hydrogen) atoms. The zero-order valence-corrected chi connectivity index (χ0v) is 9.49. The molecule has 5 heteroatoms. The number of nitrogens with zero attached hydrogens (tertiary/aromatic N) is 2. The Bertz CT molecular complexity index is 409. The Morgan fingerprint density at radius 2 is 2.31 bits per heavy atom. The summed E-state index contributed by atoms with van der Waals surface area (Å²) >= 11 is 0. The maximum atomic E-state index is 8.91. The summed E-state index contributed by atoms with van der Waals surface area (Å²) in [6, 6.07) is 3.57. The molecule has 0 aliphatic rings. The van der Waals surface area contributed by atoms with E-state index in [0.717, 1.165) is 0 Å². The van der Waals surface area contributed by atoms with Gasteiger partial charge in [-0.3, -0.25) is 0 Å². The molecule has 0 spiro atoms. The molecule has 1 heterocycles. The van der Waals surface area contributed by atoms with Crippen LogP contribution in [0.2, 0.25) is 0 Å². The molecule has 1 aromatic heterocycles. The standard InChI is InChI=1S/C11H16N4O/c1-11(2,4-6-16)15-10-9(13)8(7-12)3-5-14-10/h3,5,16H,4,6,13H2,1-2H3,(H,14,15). The molecule has 0 saturated carbocycles. The molecular weight excluding hydrogens is 204 g/mol. The van der Waals surface area contributed by atoms with Gasteiger partial charge in [-0.2, -0.15) is 5.26 Å². The normalized spacial score (nSPS) is 10.9. The van der Waals surface area contributed by atoms with E-state index in [9.17, 15) is 0 Å². The lowest BCUT2D eigenvalue weighted by Gasteiger charge is -2.26. The van der Waals surface area contributed by atoms with Gasteiger partial charge in [0.2, 0.25) is 0 Å². The van der Waals surface area contributed by atoms with Crippen molar-refractivity contribution in [3.63, 3.8) is 0 Å². The number of hydrogen-bond acceptors (Lipinski definition) is 5. The van der Waals surface area contributed by atoms with E-state index in [2.05, 4.69) is 10.3 Å². The highest BCUT2D eigenvalue weighted by Gasteiger charge is 2.19. The fraction of sp³-hybridized carbons (Fsp3) is 0.455. The Hall–Kier alpha value is -1.80. The minimum atomic E-state index is -0.316. The average Bonchev–Trinajstić information content (AvgIpc) is 2.21. The second kappa shape index (κ2) is 4.81. The van der Waals surface area contributed by atoms with Gasteiger partial charge in [-0.1, -0.05) is 0 Å². The van der Waals surface area contributed by atoms with Crippen molar-refractivity contribution in [3.05, 3.63) is 17.8 Å². The van der Waals surface area contributed by atoms with Gasteiger partial charge in [0, 0.05) is 18.3 Å². The summed E-state index contributed by atoms with van der Waals surface area (Å²) in [5, 5.41) is 20.8. The van der Waals surface area contributed by atoms with Crippen molar-refractivity contribution in [3.8, 4) is 6.07 Å². The third kappa shape index (κ3) is 2.84. The highest BCUT2D eigenvalue weighted by Crippen LogP contribution is 2.23. The van der Waals surface area contributed by atoms with Crippen LogP contribution in [0.1, 0.15) is 25.8 Å². The smallest absolute Gasteiger partial charge is 0.150 e. The molecule has 86 valence electrons. The molecule has 0 aromatic carbocycles. The lowest BCUT2D eigenvalue weighted by molar-refractivity contribution is 0.260. The van der Waals surface area contributed by atoms with Crippen molar-refractivity contribution < 1.29 is 5.11 Å². The predicted molar refractivity (Wildman–Crippen MR) is 62.8 cm³/mol. The van der Waals surface area contributed by atoms with Crippen molar-refractivity contribution in [2.45, 2.75) is 25.8 Å². The summed E-state index contributed by atoms with van der Waals surface area (Å²) in [4.78, 5) is 4.09. The quantitative estimate of drug-likeness (QED) is 0.706. The van der Waals surface area contributed by atoms with E-state index in [1.807, 2.05) is 19.9 Å². The topological polar surface area (TPSA) is 95.0 Å². The minimum absolute atomic E-state index is 0.0812. The van der Waals surface area contributed by atoms with Crippen molar-refractivity contribution in [1.82, 2.24) is 4.98 Å². The Morgan fingerprint density at radius 3 is 2.88 bits per heavy atom. The number of nitriles is 1. The van der Waals surface area contributed by atoms with Gasteiger partial charge in [-0.05, 0) is 26.3 Å². The number of nitrogens with one attached hydrogen (secondary N) is 1. The molecule has 1 rings (SSSR count). The zero-order valence-electron chi connectivity index (χ0n) is 9.49. The van der Waals surface area contributed by atoms with Crippen LogP contribution < -0.4 is 11.1 Å². The summed E-state index contributed by atoms with van der Waals surface area (Å²) < 4.78 is 0. The zero-order chi connectivity index (χ0) is 12.2. The summed E-state index contributed by atoms with van der Waals surface area (Å²) in [6.45, 7) is 3.95. The number of hydrogen-bond donors (Lipinski definition) is 3. The number of nitrogen functional groups attached to an aromatic ring is 1. The summed E-state index contributed by atoms with van der Waals surface area (Å²) in [7, 11) is 0. The van der Waals surface area contributed by atoms with E-state index < -0.39 is 0 Å². The van der Waals surface area contributed by atoms with Crippen molar-refractivity contribution in [1.29, 1.82) is 5.26 Å². The molecular formula is C11H16N4O. The first-order chi connectivity index (χ1) is 7.50. The largest absolute Gasteiger partial charge is 0.396 e. The molecule has 0 amide bonds. The SMILES string of the molecule is CC(C)(CCO)Nc1nccc(C#N)c1N. The molecule has 0 fully saturated rings. The third-order valence-corrected chi connectivity index (χ3v) is 2.30. The van der Waals surface area contributed by atoms with Crippen LogP contribution in [0.25, 0.3) is 0 Å². The molecule has 0 aliphatic heterocycles. The van der Waals surface area contributed by atoms with E-state index in [0.29, 0.717) is 23.5 Å². The van der Waals surface area contributed by atoms with Crippen LogP contribution in [0, 0.1) is 11.3 Å². The van der Waals surface area contributed by atoms with Gasteiger partial charge in [0.25, 0.3) is 0 Å². The van der Waals surface area contributed by atoms with Crippen LogP contribution in [-0.2, 0) is 0 Å². The minimum Gasteiger partial charge on any atom is -0.396 e. The first-order valence-electron chi connectivity index (χ1n) is 5.04. The van der Waals surface area contributed by atoms with Crippen LogP contribution in [0.4, 0.5) is 11.5 Å². The Kier molecular flexibility index (Phi) is 3.69. The van der Waals surface area contributed by atoms with Gasteiger partial charge in [0.1, 0.15) is 6.07 Å². The Labute approximate surface area is 94.9 Å². The first kappa shape index (κ1) is 12.3. The fourth-order valence-corrected chi connectivity index (χ4v) is 1.33. The molecule has 0 aliphatic carbocycles. The molecule has 0 bridgehead atoms. The third-order valence-electron chi connectivity index (χ3n) is 2.30. The van der Waals surface area contributed by atoms with E-state index in [1.165, 1.54) is 6.20 Å². The fourth-order valence-electron chi connectivity index (χ4n) is 1.33. The molecule has 5 nitrogen and oxygen atoms in total. The molecule has 0 unspecified atom stereocenters. The number of aliphatic hydroxyl groups excluding tert-OH is 1. The molecule has 0 radical (unpaired) electrons. The van der Waals surface area contributed by atoms with E-state index in [-0.39, 0.29) is 12.1 Å². The van der Waals surface area contributed by atoms with Crippen LogP contribution >= 0.6 is 0 Å². The molecule has 1 aromatic rings. The Balaban J connectivity index is 2.94. The predicted octanol–water partition coefficient (Wildman–Crippen LogP) is 1.11. The number of aromatic nitrogens is 1. The maximum absolute atomic E-state index is 8.91. The van der Waals surface area contributed by atoms with Crippen molar-refractivity contribution in [2.75, 3.05) is 17.7 Å². The average molecular weight is 220 g/mol. The molecule has 4 N–H and O–H groups in total. The lowest BCUT2D eigenvalue weighted by Crippen LogP contribution is -2.32. The van der Waals surface area contributed by atoms with Gasteiger partial charge >= 0.3 is 0 Å². The number of rotatable bonds is 4. The van der Waals surface area contributed by atoms with Gasteiger partial charge in [0.15, 0.2) is 5.82 Å². The molecule has 0 saturated heterocycles. The van der Waals surface area contributed by atoms with Gasteiger partial charge in [0.05, 0.1) is 11.3 Å². The number of aliphatic hydroxyl groups is 1.